The van der Waals surface area contributed by atoms with Gasteiger partial charge in [-0.05, 0) is 50.6 Å². The maximum absolute atomic E-state index is 13.1. The Balaban J connectivity index is 2.52. The molecule has 28 heavy (non-hydrogen) atoms. The predicted octanol–water partition coefficient (Wildman–Crippen LogP) is 3.70. The molecule has 2 amide bonds. The van der Waals surface area contributed by atoms with Crippen molar-refractivity contribution in [1.29, 1.82) is 0 Å². The summed E-state index contributed by atoms with van der Waals surface area (Å²) in [6.07, 6.45) is 0.957. The second kappa shape index (κ2) is 9.01. The van der Waals surface area contributed by atoms with Gasteiger partial charge in [0.25, 0.3) is 5.91 Å². The Hall–Kier alpha value is -2.67. The number of anilines is 1. The number of nitrogens with one attached hydrogen (secondary N) is 2. The summed E-state index contributed by atoms with van der Waals surface area (Å²) >= 11 is 0. The normalized spacial score (nSPS) is 12.3. The first-order valence-corrected chi connectivity index (χ1v) is 10.7. The van der Waals surface area contributed by atoms with Crippen molar-refractivity contribution in [2.75, 3.05) is 5.32 Å². The summed E-state index contributed by atoms with van der Waals surface area (Å²) < 4.78 is 26.2. The highest BCUT2D eigenvalue weighted by atomic mass is 32.2. The van der Waals surface area contributed by atoms with Crippen molar-refractivity contribution in [2.45, 2.75) is 56.4 Å². The average Bonchev–Trinajstić information content (AvgIpc) is 2.67. The summed E-state index contributed by atoms with van der Waals surface area (Å²) in [5, 5.41) is 5.45. The highest BCUT2D eigenvalue weighted by Crippen LogP contribution is 2.29. The van der Waals surface area contributed by atoms with E-state index in [9.17, 15) is 18.0 Å². The molecule has 2 aromatic carbocycles. The monoisotopic (exact) mass is 402 g/mol. The summed E-state index contributed by atoms with van der Waals surface area (Å²) in [4.78, 5) is 24.4. The predicted molar refractivity (Wildman–Crippen MR) is 109 cm³/mol. The molecule has 0 aliphatic carbocycles. The van der Waals surface area contributed by atoms with E-state index >= 15 is 0 Å². The third-order valence-corrected chi connectivity index (χ3v) is 6.28. The van der Waals surface area contributed by atoms with Gasteiger partial charge in [0.2, 0.25) is 15.7 Å². The minimum Gasteiger partial charge on any atom is -0.350 e. The summed E-state index contributed by atoms with van der Waals surface area (Å²) in [7, 11) is -3.86. The largest absolute Gasteiger partial charge is 0.350 e. The van der Waals surface area contributed by atoms with Crippen LogP contribution in [0.5, 0.6) is 0 Å². The Morgan fingerprint density at radius 3 is 2.25 bits per heavy atom. The van der Waals surface area contributed by atoms with E-state index in [4.69, 9.17) is 0 Å². The lowest BCUT2D eigenvalue weighted by atomic mass is 10.1. The Kier molecular flexibility index (Phi) is 6.96. The van der Waals surface area contributed by atoms with Gasteiger partial charge in [-0.1, -0.05) is 31.5 Å². The number of hydrogen-bond donors (Lipinski definition) is 2. The molecule has 0 aliphatic heterocycles. The molecule has 0 bridgehead atoms. The van der Waals surface area contributed by atoms with Crippen LogP contribution in [-0.4, -0.2) is 26.3 Å². The van der Waals surface area contributed by atoms with Crippen LogP contribution in [0.2, 0.25) is 0 Å². The fourth-order valence-corrected chi connectivity index (χ4v) is 3.89. The van der Waals surface area contributed by atoms with Crippen LogP contribution < -0.4 is 10.6 Å². The van der Waals surface area contributed by atoms with Crippen molar-refractivity contribution in [1.82, 2.24) is 5.32 Å². The number of carbonyl (C=O) groups is 2. The molecule has 1 atom stereocenters. The van der Waals surface area contributed by atoms with Crippen molar-refractivity contribution in [3.63, 3.8) is 0 Å². The Morgan fingerprint density at radius 1 is 1.04 bits per heavy atom. The number of benzene rings is 2. The Labute approximate surface area is 166 Å². The third kappa shape index (κ3) is 4.98. The van der Waals surface area contributed by atoms with E-state index in [1.807, 2.05) is 20.8 Å². The second-order valence-corrected chi connectivity index (χ2v) is 8.63. The minimum atomic E-state index is -3.86. The first kappa shape index (κ1) is 21.6. The van der Waals surface area contributed by atoms with Crippen LogP contribution in [0.4, 0.5) is 5.69 Å². The average molecular weight is 403 g/mol. The van der Waals surface area contributed by atoms with Crippen molar-refractivity contribution >= 4 is 27.3 Å². The summed E-state index contributed by atoms with van der Waals surface area (Å²) in [5.74, 6) is -0.652. The first-order valence-electron chi connectivity index (χ1n) is 9.25. The molecule has 0 spiro atoms. The summed E-state index contributed by atoms with van der Waals surface area (Å²) in [6, 6.07) is 10.7. The molecular formula is C21H26N2O4S. The van der Waals surface area contributed by atoms with Gasteiger partial charge in [-0.2, -0.15) is 0 Å². The fourth-order valence-electron chi connectivity index (χ4n) is 2.50. The van der Waals surface area contributed by atoms with E-state index in [0.29, 0.717) is 0 Å². The molecule has 0 saturated heterocycles. The molecule has 7 heteroatoms. The lowest BCUT2D eigenvalue weighted by Crippen LogP contribution is -2.32. The summed E-state index contributed by atoms with van der Waals surface area (Å²) in [5.41, 5.74) is 1.33. The van der Waals surface area contributed by atoms with Gasteiger partial charge < -0.3 is 10.6 Å². The van der Waals surface area contributed by atoms with Crippen LogP contribution in [0.1, 0.15) is 49.5 Å². The van der Waals surface area contributed by atoms with E-state index in [1.165, 1.54) is 30.3 Å². The number of rotatable bonds is 7. The standard InChI is InChI=1S/C21H26N2O4S/c1-5-15(4)22-21(25)16-9-12-19(18(13-16)23-20(24)6-2)28(26,27)17-10-7-14(3)8-11-17/h7-13,15H,5-6H2,1-4H3,(H,22,25)(H,23,24)/t15-/m1/s1. The molecule has 2 aromatic rings. The molecule has 0 heterocycles. The zero-order valence-electron chi connectivity index (χ0n) is 16.6. The van der Waals surface area contributed by atoms with Gasteiger partial charge in [-0.3, -0.25) is 9.59 Å². The van der Waals surface area contributed by atoms with Gasteiger partial charge in [0, 0.05) is 18.0 Å². The molecule has 0 aromatic heterocycles. The Bertz CT molecular complexity index is 966. The van der Waals surface area contributed by atoms with Crippen molar-refractivity contribution in [3.05, 3.63) is 53.6 Å². The maximum atomic E-state index is 13.1. The highest BCUT2D eigenvalue weighted by Gasteiger charge is 2.23. The maximum Gasteiger partial charge on any atom is 0.251 e. The molecule has 150 valence electrons. The fraction of sp³-hybridized carbons (Fsp3) is 0.333. The molecule has 0 aliphatic rings. The SMILES string of the molecule is CCC(=O)Nc1cc(C(=O)N[C@H](C)CC)ccc1S(=O)(=O)c1ccc(C)cc1. The zero-order chi connectivity index (χ0) is 20.9. The molecule has 0 fully saturated rings. The second-order valence-electron chi connectivity index (χ2n) is 6.71. The number of sulfone groups is 1. The van der Waals surface area contributed by atoms with Gasteiger partial charge in [-0.15, -0.1) is 0 Å². The van der Waals surface area contributed by atoms with E-state index in [1.54, 1.807) is 19.1 Å². The molecule has 2 N–H and O–H groups in total. The van der Waals surface area contributed by atoms with Crippen molar-refractivity contribution in [3.8, 4) is 0 Å². The zero-order valence-corrected chi connectivity index (χ0v) is 17.4. The molecule has 2 rings (SSSR count). The summed E-state index contributed by atoms with van der Waals surface area (Å²) in [6.45, 7) is 7.37. The number of hydrogen-bond acceptors (Lipinski definition) is 4. The topological polar surface area (TPSA) is 92.3 Å². The Morgan fingerprint density at radius 2 is 1.68 bits per heavy atom. The third-order valence-electron chi connectivity index (χ3n) is 4.45. The van der Waals surface area contributed by atoms with Crippen LogP contribution >= 0.6 is 0 Å². The highest BCUT2D eigenvalue weighted by molar-refractivity contribution is 7.91. The molecular weight excluding hydrogens is 376 g/mol. The van der Waals surface area contributed by atoms with E-state index in [2.05, 4.69) is 10.6 Å². The van der Waals surface area contributed by atoms with Crippen molar-refractivity contribution < 1.29 is 18.0 Å². The van der Waals surface area contributed by atoms with Crippen molar-refractivity contribution in [2.24, 2.45) is 0 Å². The van der Waals surface area contributed by atoms with Crippen LogP contribution in [0.15, 0.2) is 52.3 Å². The molecule has 0 radical (unpaired) electrons. The number of amides is 2. The lowest BCUT2D eigenvalue weighted by molar-refractivity contribution is -0.115. The minimum absolute atomic E-state index is 0.0165. The van der Waals surface area contributed by atoms with Gasteiger partial charge in [0.05, 0.1) is 15.5 Å². The molecule has 0 unspecified atom stereocenters. The smallest absolute Gasteiger partial charge is 0.251 e. The molecule has 0 saturated carbocycles. The van der Waals surface area contributed by atoms with Crippen LogP contribution in [0.25, 0.3) is 0 Å². The quantitative estimate of drug-likeness (QED) is 0.738. The number of aryl methyl sites for hydroxylation is 1. The van der Waals surface area contributed by atoms with Gasteiger partial charge in [0.15, 0.2) is 0 Å². The first-order chi connectivity index (χ1) is 13.2. The van der Waals surface area contributed by atoms with E-state index < -0.39 is 9.84 Å². The number of carbonyl (C=O) groups excluding carboxylic acids is 2. The van der Waals surface area contributed by atoms with E-state index in [0.717, 1.165) is 12.0 Å². The molecule has 6 nitrogen and oxygen atoms in total. The van der Waals surface area contributed by atoms with Crippen LogP contribution in [0, 0.1) is 6.92 Å². The van der Waals surface area contributed by atoms with E-state index in [-0.39, 0.29) is 45.3 Å². The van der Waals surface area contributed by atoms with Crippen LogP contribution in [-0.2, 0) is 14.6 Å². The van der Waals surface area contributed by atoms with Gasteiger partial charge >= 0.3 is 0 Å². The van der Waals surface area contributed by atoms with Crippen LogP contribution in [0.3, 0.4) is 0 Å². The van der Waals surface area contributed by atoms with Gasteiger partial charge in [0.1, 0.15) is 0 Å². The lowest BCUT2D eigenvalue weighted by Gasteiger charge is -2.15. The van der Waals surface area contributed by atoms with Gasteiger partial charge in [-0.25, -0.2) is 8.42 Å².